The van der Waals surface area contributed by atoms with Crippen LogP contribution in [0.15, 0.2) is 78.3 Å². The number of alkyl halides is 3. The van der Waals surface area contributed by atoms with Crippen LogP contribution in [0.25, 0.3) is 16.8 Å². The number of methoxy groups -OCH3 is 1. The number of carbonyl (C=O) groups excluding carboxylic acids is 1. The van der Waals surface area contributed by atoms with Gasteiger partial charge in [0.25, 0.3) is 5.91 Å². The third-order valence-corrected chi connectivity index (χ3v) is 6.64. The van der Waals surface area contributed by atoms with Crippen molar-refractivity contribution in [2.45, 2.75) is 6.18 Å². The van der Waals surface area contributed by atoms with Crippen molar-refractivity contribution in [1.29, 1.82) is 0 Å². The summed E-state index contributed by atoms with van der Waals surface area (Å²) in [6, 6.07) is 15.8. The summed E-state index contributed by atoms with van der Waals surface area (Å²) < 4.78 is 45.6. The van der Waals surface area contributed by atoms with Crippen LogP contribution in [0.5, 0.6) is 5.75 Å². The van der Waals surface area contributed by atoms with Gasteiger partial charge in [-0.2, -0.15) is 13.2 Å². The Morgan fingerprint density at radius 1 is 1.11 bits per heavy atom. The van der Waals surface area contributed by atoms with Gasteiger partial charge in [-0.25, -0.2) is 9.78 Å². The van der Waals surface area contributed by atoms with Crippen molar-refractivity contribution in [3.63, 3.8) is 0 Å². The summed E-state index contributed by atoms with van der Waals surface area (Å²) >= 11 is 1.29. The van der Waals surface area contributed by atoms with Gasteiger partial charge in [0.2, 0.25) is 0 Å². The van der Waals surface area contributed by atoms with Crippen molar-refractivity contribution in [2.75, 3.05) is 17.3 Å². The zero-order chi connectivity index (χ0) is 27.0. The Morgan fingerprint density at radius 2 is 1.87 bits per heavy atom. The molecule has 11 heteroatoms. The number of carboxylic acids is 1. The maximum Gasteiger partial charge on any atom is 0.416 e. The van der Waals surface area contributed by atoms with Crippen molar-refractivity contribution in [2.24, 2.45) is 0 Å². The van der Waals surface area contributed by atoms with Gasteiger partial charge in [0, 0.05) is 22.7 Å². The predicted molar refractivity (Wildman–Crippen MR) is 138 cm³/mol. The number of hydrogen-bond donors (Lipinski definition) is 2. The highest BCUT2D eigenvalue weighted by Crippen LogP contribution is 2.44. The normalized spacial score (nSPS) is 14.1. The smallest absolute Gasteiger partial charge is 0.416 e. The van der Waals surface area contributed by atoms with Crippen LogP contribution < -0.4 is 15.0 Å². The summed E-state index contributed by atoms with van der Waals surface area (Å²) in [6.45, 7) is 0. The number of rotatable bonds is 6. The Morgan fingerprint density at radius 3 is 2.55 bits per heavy atom. The molecule has 0 saturated heterocycles. The largest absolute Gasteiger partial charge is 0.497 e. The lowest BCUT2D eigenvalue weighted by Gasteiger charge is -2.19. The first-order valence-electron chi connectivity index (χ1n) is 11.1. The molecule has 0 radical (unpaired) electrons. The second kappa shape index (κ2) is 9.67. The molecule has 4 aromatic rings. The van der Waals surface area contributed by atoms with Crippen molar-refractivity contribution in [3.8, 4) is 17.0 Å². The Balaban J connectivity index is 1.51. The lowest BCUT2D eigenvalue weighted by atomic mass is 10.1. The molecule has 0 fully saturated rings. The maximum absolute atomic E-state index is 13.5. The Hall–Kier alpha value is -4.64. The number of anilines is 3. The fourth-order valence-corrected chi connectivity index (χ4v) is 4.70. The van der Waals surface area contributed by atoms with Crippen molar-refractivity contribution >= 4 is 45.3 Å². The van der Waals surface area contributed by atoms with Crippen LogP contribution in [-0.4, -0.2) is 29.1 Å². The molecule has 1 aromatic heterocycles. The van der Waals surface area contributed by atoms with Gasteiger partial charge in [-0.15, -0.1) is 11.3 Å². The van der Waals surface area contributed by atoms with E-state index >= 15 is 0 Å². The Kier molecular flexibility index (Phi) is 6.37. The molecule has 0 saturated carbocycles. The molecule has 1 aliphatic rings. The van der Waals surface area contributed by atoms with E-state index in [9.17, 15) is 27.9 Å². The highest BCUT2D eigenvalue weighted by Gasteiger charge is 2.38. The van der Waals surface area contributed by atoms with Gasteiger partial charge < -0.3 is 15.2 Å². The first-order valence-corrected chi connectivity index (χ1v) is 12.0. The average molecular weight is 538 g/mol. The van der Waals surface area contributed by atoms with Gasteiger partial charge in [0.15, 0.2) is 5.13 Å². The van der Waals surface area contributed by atoms with Gasteiger partial charge in [0.1, 0.15) is 5.75 Å². The first kappa shape index (κ1) is 25.0. The van der Waals surface area contributed by atoms with Gasteiger partial charge in [-0.05, 0) is 54.6 Å². The number of benzene rings is 3. The predicted octanol–water partition coefficient (Wildman–Crippen LogP) is 6.67. The molecule has 1 aliphatic heterocycles. The molecular formula is C27H18F3N3O4S. The number of amides is 1. The van der Waals surface area contributed by atoms with Crippen molar-refractivity contribution in [3.05, 3.63) is 95.0 Å². The third kappa shape index (κ3) is 4.71. The number of nitrogens with zero attached hydrogens (tertiary/aromatic N) is 2. The van der Waals surface area contributed by atoms with Gasteiger partial charge in [-0.1, -0.05) is 12.1 Å². The van der Waals surface area contributed by atoms with E-state index in [4.69, 9.17) is 4.74 Å². The van der Waals surface area contributed by atoms with E-state index in [0.717, 1.165) is 22.6 Å². The summed E-state index contributed by atoms with van der Waals surface area (Å²) in [7, 11) is 1.57. The molecule has 2 heterocycles. The fraction of sp³-hybridized carbons (Fsp3) is 0.0741. The highest BCUT2D eigenvalue weighted by atomic mass is 32.1. The first-order chi connectivity index (χ1) is 18.2. The quantitative estimate of drug-likeness (QED) is 0.267. The number of fused-ring (bicyclic) bond motifs is 1. The van der Waals surface area contributed by atoms with Crippen LogP contribution in [0.1, 0.15) is 21.5 Å². The topological polar surface area (TPSA) is 91.8 Å². The summed E-state index contributed by atoms with van der Waals surface area (Å²) in [5, 5.41) is 14.6. The SMILES string of the molecule is COc1ccc(-c2csc(N/C=C3/C(=O)N(c4cccc(C(=O)O)c4)c4cc(C(F)(F)F)ccc43)n2)cc1. The molecule has 1 amide bonds. The van der Waals surface area contributed by atoms with Crippen LogP contribution >= 0.6 is 11.3 Å². The zero-order valence-electron chi connectivity index (χ0n) is 19.6. The lowest BCUT2D eigenvalue weighted by Crippen LogP contribution is -2.21. The molecule has 5 rings (SSSR count). The number of hydrogen-bond acceptors (Lipinski definition) is 6. The zero-order valence-corrected chi connectivity index (χ0v) is 20.4. The van der Waals surface area contributed by atoms with E-state index in [1.54, 1.807) is 19.2 Å². The molecule has 0 bridgehead atoms. The number of ether oxygens (including phenoxy) is 1. The number of aromatic carboxylic acids is 1. The van der Waals surface area contributed by atoms with Gasteiger partial charge >= 0.3 is 12.1 Å². The molecular weight excluding hydrogens is 519 g/mol. The van der Waals surface area contributed by atoms with Gasteiger partial charge in [-0.3, -0.25) is 9.69 Å². The van der Waals surface area contributed by atoms with Gasteiger partial charge in [0.05, 0.1) is 40.9 Å². The van der Waals surface area contributed by atoms with Crippen LogP contribution in [0.2, 0.25) is 0 Å². The van der Waals surface area contributed by atoms with E-state index in [-0.39, 0.29) is 28.1 Å². The summed E-state index contributed by atoms with van der Waals surface area (Å²) in [6.07, 6.45) is -3.23. The van der Waals surface area contributed by atoms with E-state index in [2.05, 4.69) is 10.3 Å². The van der Waals surface area contributed by atoms with Crippen LogP contribution in [0.4, 0.5) is 29.7 Å². The number of aromatic nitrogens is 1. The maximum atomic E-state index is 13.5. The summed E-state index contributed by atoms with van der Waals surface area (Å²) in [4.78, 5) is 30.5. The molecule has 2 N–H and O–H groups in total. The van der Waals surface area contributed by atoms with E-state index in [1.807, 2.05) is 17.5 Å². The number of carboxylic acid groups (broad SMARTS) is 1. The average Bonchev–Trinajstić information content (AvgIpc) is 3.48. The van der Waals surface area contributed by atoms with E-state index < -0.39 is 23.6 Å². The molecule has 192 valence electrons. The summed E-state index contributed by atoms with van der Waals surface area (Å²) in [5.74, 6) is -1.13. The molecule has 0 spiro atoms. The van der Waals surface area contributed by atoms with Crippen molar-refractivity contribution < 1.29 is 32.6 Å². The minimum absolute atomic E-state index is 0.00141. The molecule has 7 nitrogen and oxygen atoms in total. The Labute approximate surface area is 218 Å². The van der Waals surface area contributed by atoms with Crippen LogP contribution in [-0.2, 0) is 11.0 Å². The molecule has 38 heavy (non-hydrogen) atoms. The Bertz CT molecular complexity index is 1580. The molecule has 0 aliphatic carbocycles. The molecule has 0 unspecified atom stereocenters. The number of halogens is 3. The third-order valence-electron chi connectivity index (χ3n) is 5.87. The second-order valence-corrected chi connectivity index (χ2v) is 9.05. The molecule has 3 aromatic carbocycles. The number of thiazole rings is 1. The van der Waals surface area contributed by atoms with Crippen LogP contribution in [0.3, 0.4) is 0 Å². The highest BCUT2D eigenvalue weighted by molar-refractivity contribution is 7.14. The minimum Gasteiger partial charge on any atom is -0.497 e. The number of carbonyl (C=O) groups is 2. The monoisotopic (exact) mass is 537 g/mol. The number of nitrogens with one attached hydrogen (secondary N) is 1. The second-order valence-electron chi connectivity index (χ2n) is 8.19. The standard InChI is InChI=1S/C27H18F3N3O4S/c1-37-19-8-5-15(6-9-19)22-14-38-26(32-22)31-13-21-20-10-7-17(27(28,29)30)12-23(20)33(24(21)34)18-4-2-3-16(11-18)25(35)36/h2-14H,1H3,(H,31,32)(H,35,36)/b21-13+. The van der Waals surface area contributed by atoms with E-state index in [0.29, 0.717) is 16.6 Å². The minimum atomic E-state index is -4.63. The lowest BCUT2D eigenvalue weighted by molar-refractivity contribution is -0.137. The van der Waals surface area contributed by atoms with E-state index in [1.165, 1.54) is 47.9 Å². The fourth-order valence-electron chi connectivity index (χ4n) is 4.01. The molecule has 0 atom stereocenters. The summed E-state index contributed by atoms with van der Waals surface area (Å²) in [5.41, 5.74) is 1.02. The van der Waals surface area contributed by atoms with Crippen molar-refractivity contribution in [1.82, 2.24) is 4.98 Å². The van der Waals surface area contributed by atoms with Crippen LogP contribution in [0, 0.1) is 0 Å².